The number of methoxy groups -OCH3 is 1. The molecule has 0 amide bonds. The van der Waals surface area contributed by atoms with Crippen molar-refractivity contribution in [2.45, 2.75) is 33.4 Å². The van der Waals surface area contributed by atoms with E-state index >= 15 is 0 Å². The molecule has 1 fully saturated rings. The van der Waals surface area contributed by atoms with Crippen molar-refractivity contribution in [2.24, 2.45) is 22.6 Å². The summed E-state index contributed by atoms with van der Waals surface area (Å²) in [5, 5.41) is 3.10. The van der Waals surface area contributed by atoms with E-state index in [4.69, 9.17) is 10.5 Å². The van der Waals surface area contributed by atoms with Gasteiger partial charge in [0, 0.05) is 25.3 Å². The molecule has 0 aliphatic carbocycles. The van der Waals surface area contributed by atoms with E-state index in [1.54, 1.807) is 7.11 Å². The third kappa shape index (κ3) is 7.51. The van der Waals surface area contributed by atoms with Crippen LogP contribution in [-0.4, -0.2) is 31.1 Å². The Balaban J connectivity index is 0.00000300. The second-order valence-corrected chi connectivity index (χ2v) is 8.01. The van der Waals surface area contributed by atoms with Crippen molar-refractivity contribution in [3.63, 3.8) is 0 Å². The van der Waals surface area contributed by atoms with E-state index in [1.807, 2.05) is 24.3 Å². The van der Waals surface area contributed by atoms with Crippen molar-refractivity contribution in [1.82, 2.24) is 4.90 Å². The summed E-state index contributed by atoms with van der Waals surface area (Å²) in [6.07, 6.45) is 1.35. The van der Waals surface area contributed by atoms with Crippen LogP contribution in [0.5, 0.6) is 5.75 Å². The number of guanidine groups is 1. The topological polar surface area (TPSA) is 62.9 Å². The van der Waals surface area contributed by atoms with Gasteiger partial charge in [-0.1, -0.05) is 38.1 Å². The fourth-order valence-corrected chi connectivity index (χ4v) is 3.97. The lowest BCUT2D eigenvalue weighted by atomic mass is 9.91. The molecule has 0 aromatic heterocycles. The number of benzene rings is 2. The zero-order chi connectivity index (χ0) is 19.9. The second-order valence-electron chi connectivity index (χ2n) is 8.01. The summed E-state index contributed by atoms with van der Waals surface area (Å²) in [6.45, 7) is 8.70. The molecule has 0 radical (unpaired) electrons. The molecular formula is C23H33IN4O. The monoisotopic (exact) mass is 508 g/mol. The Kier molecular flexibility index (Phi) is 9.23. The molecule has 0 bridgehead atoms. The van der Waals surface area contributed by atoms with Crippen molar-refractivity contribution in [3.8, 4) is 5.75 Å². The Hall–Kier alpha value is -1.80. The van der Waals surface area contributed by atoms with Crippen LogP contribution in [0.2, 0.25) is 0 Å². The van der Waals surface area contributed by atoms with Crippen LogP contribution in [0.4, 0.5) is 5.69 Å². The normalized spacial score (nSPS) is 20.0. The average Bonchev–Trinajstić information content (AvgIpc) is 2.67. The SMILES string of the molecule is COc1ccc(NC(N)=NCc2ccc(CN3CC(C)CC(C)C3)cc2)cc1.I. The molecule has 0 saturated carbocycles. The highest BCUT2D eigenvalue weighted by Gasteiger charge is 2.21. The molecule has 1 heterocycles. The fraction of sp³-hybridized carbons (Fsp3) is 0.435. The highest BCUT2D eigenvalue weighted by atomic mass is 127. The number of likely N-dealkylation sites (tertiary alicyclic amines) is 1. The molecule has 1 saturated heterocycles. The van der Waals surface area contributed by atoms with Crippen LogP contribution in [0.3, 0.4) is 0 Å². The lowest BCUT2D eigenvalue weighted by Gasteiger charge is -2.35. The van der Waals surface area contributed by atoms with Crippen molar-refractivity contribution in [1.29, 1.82) is 0 Å². The van der Waals surface area contributed by atoms with E-state index in [2.05, 4.69) is 53.3 Å². The van der Waals surface area contributed by atoms with Gasteiger partial charge in [-0.05, 0) is 53.6 Å². The minimum absolute atomic E-state index is 0. The minimum atomic E-state index is 0. The number of nitrogens with one attached hydrogen (secondary N) is 1. The maximum atomic E-state index is 6.00. The number of ether oxygens (including phenoxy) is 1. The van der Waals surface area contributed by atoms with Crippen LogP contribution in [-0.2, 0) is 13.1 Å². The molecular weight excluding hydrogens is 475 g/mol. The fourth-order valence-electron chi connectivity index (χ4n) is 3.97. The Morgan fingerprint density at radius 1 is 1.03 bits per heavy atom. The number of piperidine rings is 1. The zero-order valence-corrected chi connectivity index (χ0v) is 19.9. The lowest BCUT2D eigenvalue weighted by Crippen LogP contribution is -2.38. The van der Waals surface area contributed by atoms with Gasteiger partial charge in [-0.2, -0.15) is 0 Å². The Morgan fingerprint density at radius 2 is 1.62 bits per heavy atom. The molecule has 158 valence electrons. The lowest BCUT2D eigenvalue weighted by molar-refractivity contribution is 0.134. The van der Waals surface area contributed by atoms with E-state index in [9.17, 15) is 0 Å². The number of rotatable bonds is 6. The van der Waals surface area contributed by atoms with Crippen LogP contribution >= 0.6 is 24.0 Å². The van der Waals surface area contributed by atoms with Gasteiger partial charge in [-0.25, -0.2) is 4.99 Å². The minimum Gasteiger partial charge on any atom is -0.497 e. The largest absolute Gasteiger partial charge is 0.497 e. The van der Waals surface area contributed by atoms with Crippen molar-refractivity contribution >= 4 is 35.6 Å². The zero-order valence-electron chi connectivity index (χ0n) is 17.6. The maximum Gasteiger partial charge on any atom is 0.193 e. The predicted octanol–water partition coefficient (Wildman–Crippen LogP) is 4.72. The van der Waals surface area contributed by atoms with E-state index in [1.165, 1.54) is 25.1 Å². The summed E-state index contributed by atoms with van der Waals surface area (Å²) in [7, 11) is 1.65. The number of hydrogen-bond donors (Lipinski definition) is 2. The third-order valence-corrected chi connectivity index (χ3v) is 5.17. The van der Waals surface area contributed by atoms with Crippen LogP contribution < -0.4 is 15.8 Å². The molecule has 3 N–H and O–H groups in total. The van der Waals surface area contributed by atoms with E-state index in [0.29, 0.717) is 12.5 Å². The van der Waals surface area contributed by atoms with Gasteiger partial charge < -0.3 is 15.8 Å². The van der Waals surface area contributed by atoms with Crippen LogP contribution in [0.1, 0.15) is 31.4 Å². The molecule has 0 spiro atoms. The molecule has 5 nitrogen and oxygen atoms in total. The summed E-state index contributed by atoms with van der Waals surface area (Å²) in [5.41, 5.74) is 9.41. The van der Waals surface area contributed by atoms with Gasteiger partial charge in [-0.3, -0.25) is 4.90 Å². The van der Waals surface area contributed by atoms with Gasteiger partial charge in [0.2, 0.25) is 0 Å². The van der Waals surface area contributed by atoms with Gasteiger partial charge in [0.25, 0.3) is 0 Å². The first-order valence-electron chi connectivity index (χ1n) is 10.0. The summed E-state index contributed by atoms with van der Waals surface area (Å²) in [6, 6.07) is 16.3. The predicted molar refractivity (Wildman–Crippen MR) is 132 cm³/mol. The molecule has 29 heavy (non-hydrogen) atoms. The van der Waals surface area contributed by atoms with Gasteiger partial charge in [-0.15, -0.1) is 24.0 Å². The quantitative estimate of drug-likeness (QED) is 0.337. The number of nitrogens with two attached hydrogens (primary N) is 1. The standard InChI is InChI=1S/C23H32N4O.HI/c1-17-12-18(2)15-27(14-17)16-20-6-4-19(5-7-20)13-25-23(24)26-21-8-10-22(28-3)11-9-21;/h4-11,17-18H,12-16H2,1-3H3,(H3,24,25,26);1H. The maximum absolute atomic E-state index is 6.00. The summed E-state index contributed by atoms with van der Waals surface area (Å²) in [5.74, 6) is 2.80. The van der Waals surface area contributed by atoms with Crippen molar-refractivity contribution in [2.75, 3.05) is 25.5 Å². The van der Waals surface area contributed by atoms with Gasteiger partial charge in [0.15, 0.2) is 5.96 Å². The first-order chi connectivity index (χ1) is 13.5. The Labute approximate surface area is 191 Å². The van der Waals surface area contributed by atoms with Gasteiger partial charge in [0.05, 0.1) is 13.7 Å². The molecule has 2 atom stereocenters. The number of anilines is 1. The molecule has 1 aliphatic rings. The van der Waals surface area contributed by atoms with Crippen molar-refractivity contribution in [3.05, 3.63) is 59.7 Å². The molecule has 6 heteroatoms. The van der Waals surface area contributed by atoms with Gasteiger partial charge in [0.1, 0.15) is 5.75 Å². The van der Waals surface area contributed by atoms with Gasteiger partial charge >= 0.3 is 0 Å². The molecule has 2 aromatic carbocycles. The van der Waals surface area contributed by atoms with E-state index < -0.39 is 0 Å². The van der Waals surface area contributed by atoms with Crippen LogP contribution in [0, 0.1) is 11.8 Å². The first-order valence-corrected chi connectivity index (χ1v) is 10.0. The van der Waals surface area contributed by atoms with E-state index in [-0.39, 0.29) is 24.0 Å². The van der Waals surface area contributed by atoms with Crippen LogP contribution in [0.25, 0.3) is 0 Å². The molecule has 2 aromatic rings. The highest BCUT2D eigenvalue weighted by molar-refractivity contribution is 14.0. The Bertz CT molecular complexity index is 766. The summed E-state index contributed by atoms with van der Waals surface area (Å²) in [4.78, 5) is 7.01. The van der Waals surface area contributed by atoms with E-state index in [0.717, 1.165) is 35.4 Å². The number of nitrogens with zero attached hydrogens (tertiary/aromatic N) is 2. The smallest absolute Gasteiger partial charge is 0.193 e. The number of halogens is 1. The van der Waals surface area contributed by atoms with Crippen LogP contribution in [0.15, 0.2) is 53.5 Å². The number of hydrogen-bond acceptors (Lipinski definition) is 3. The summed E-state index contributed by atoms with van der Waals surface area (Å²) < 4.78 is 5.16. The second kappa shape index (κ2) is 11.4. The first kappa shape index (κ1) is 23.5. The third-order valence-electron chi connectivity index (χ3n) is 5.17. The molecule has 1 aliphatic heterocycles. The van der Waals surface area contributed by atoms with Crippen molar-refractivity contribution < 1.29 is 4.74 Å². The molecule has 3 rings (SSSR count). The number of aliphatic imine (C=N–C) groups is 1. The highest BCUT2D eigenvalue weighted by Crippen LogP contribution is 2.22. The average molecular weight is 508 g/mol. The Morgan fingerprint density at radius 3 is 2.21 bits per heavy atom. The molecule has 2 unspecified atom stereocenters. The summed E-state index contributed by atoms with van der Waals surface area (Å²) >= 11 is 0.